The van der Waals surface area contributed by atoms with Crippen molar-refractivity contribution < 1.29 is 4.39 Å². The summed E-state index contributed by atoms with van der Waals surface area (Å²) < 4.78 is 18.3. The van der Waals surface area contributed by atoms with Gasteiger partial charge in [0.1, 0.15) is 17.3 Å². The zero-order valence-corrected chi connectivity index (χ0v) is 25.9. The van der Waals surface area contributed by atoms with Crippen molar-refractivity contribution >= 4 is 28.0 Å². The monoisotopic (exact) mass is 604 g/mol. The predicted molar refractivity (Wildman–Crippen MR) is 179 cm³/mol. The second kappa shape index (κ2) is 11.6. The predicted octanol–water partition coefficient (Wildman–Crippen LogP) is 5.96. The van der Waals surface area contributed by atoms with Gasteiger partial charge in [-0.25, -0.2) is 9.37 Å². The smallest absolute Gasteiger partial charge is 0.274 e. The molecule has 1 N–H and O–H groups in total. The van der Waals surface area contributed by atoms with Gasteiger partial charge in [0.05, 0.1) is 23.0 Å². The van der Waals surface area contributed by atoms with Crippen LogP contribution in [-0.4, -0.2) is 51.7 Å². The summed E-state index contributed by atoms with van der Waals surface area (Å²) in [6.07, 6.45) is 7.49. The van der Waals surface area contributed by atoms with Gasteiger partial charge >= 0.3 is 0 Å². The summed E-state index contributed by atoms with van der Waals surface area (Å²) in [7, 11) is 1.72. The number of anilines is 3. The Bertz CT molecular complexity index is 2020. The summed E-state index contributed by atoms with van der Waals surface area (Å²) in [5, 5.41) is 3.94. The molecule has 0 atom stereocenters. The molecule has 9 heteroatoms. The van der Waals surface area contributed by atoms with Crippen LogP contribution in [0.3, 0.4) is 0 Å². The lowest BCUT2D eigenvalue weighted by atomic mass is 9.99. The molecule has 45 heavy (non-hydrogen) atoms. The quantitative estimate of drug-likeness (QED) is 0.247. The van der Waals surface area contributed by atoms with Crippen LogP contribution in [0.1, 0.15) is 36.8 Å². The van der Waals surface area contributed by atoms with E-state index in [1.165, 1.54) is 10.6 Å². The van der Waals surface area contributed by atoms with E-state index >= 15 is 4.39 Å². The highest BCUT2D eigenvalue weighted by Gasteiger charge is 2.25. The van der Waals surface area contributed by atoms with Crippen LogP contribution in [0.15, 0.2) is 82.8 Å². The number of nitrogens with zero attached hydrogens (tertiary/aromatic N) is 5. The number of nitrogens with one attached hydrogen (secondary N) is 1. The molecule has 0 amide bonds. The molecule has 0 unspecified atom stereocenters. The Morgan fingerprint density at radius 1 is 0.978 bits per heavy atom. The van der Waals surface area contributed by atoms with Crippen LogP contribution in [0.25, 0.3) is 27.6 Å². The van der Waals surface area contributed by atoms with Gasteiger partial charge in [0, 0.05) is 51.2 Å². The highest BCUT2D eigenvalue weighted by Crippen LogP contribution is 2.41. The Kier molecular flexibility index (Phi) is 7.49. The maximum atomic E-state index is 15.2. The van der Waals surface area contributed by atoms with E-state index in [2.05, 4.69) is 27.0 Å². The molecule has 0 radical (unpaired) electrons. The zero-order chi connectivity index (χ0) is 31.2. The standard InChI is InChI=1S/C36H37FN6O2/c1-4-41-14-16-42(17-15-41)28-10-11-33(38-21-28)39-31-20-27(22-40(3)35(31)44)29-6-5-7-32(23(29)2)43-13-12-25-18-26(24-8-9-24)19-30(37)34(25)36(43)45/h5-7,10-13,18-22,24H,4,8-9,14-17H2,1-3H3,(H,38,39). The van der Waals surface area contributed by atoms with Crippen molar-refractivity contribution in [3.63, 3.8) is 0 Å². The van der Waals surface area contributed by atoms with Crippen LogP contribution in [0.4, 0.5) is 21.6 Å². The Hall–Kier alpha value is -4.76. The minimum absolute atomic E-state index is 0.0991. The van der Waals surface area contributed by atoms with E-state index in [1.54, 1.807) is 24.0 Å². The van der Waals surface area contributed by atoms with Crippen LogP contribution in [0.5, 0.6) is 0 Å². The lowest BCUT2D eigenvalue weighted by Gasteiger charge is -2.35. The molecule has 2 aromatic carbocycles. The van der Waals surface area contributed by atoms with Crippen molar-refractivity contribution in [2.45, 2.75) is 32.6 Å². The molecule has 1 saturated carbocycles. The van der Waals surface area contributed by atoms with E-state index in [1.807, 2.05) is 61.7 Å². The third-order valence-electron chi connectivity index (χ3n) is 9.28. The third kappa shape index (κ3) is 5.53. The van der Waals surface area contributed by atoms with Crippen LogP contribution in [-0.2, 0) is 7.05 Å². The van der Waals surface area contributed by atoms with Crippen molar-refractivity contribution in [2.75, 3.05) is 42.9 Å². The summed E-state index contributed by atoms with van der Waals surface area (Å²) >= 11 is 0. The first-order valence-corrected chi connectivity index (χ1v) is 15.7. The Labute approximate surface area is 261 Å². The van der Waals surface area contributed by atoms with Crippen LogP contribution < -0.4 is 21.3 Å². The van der Waals surface area contributed by atoms with Crippen LogP contribution in [0, 0.1) is 12.7 Å². The number of aromatic nitrogens is 3. The number of likely N-dealkylation sites (N-methyl/N-ethyl adjacent to an activating group) is 1. The molecule has 7 rings (SSSR count). The average Bonchev–Trinajstić information content (AvgIpc) is 3.90. The number of rotatable bonds is 7. The molecule has 8 nitrogen and oxygen atoms in total. The number of aryl methyl sites for hydroxylation is 1. The lowest BCUT2D eigenvalue weighted by Crippen LogP contribution is -2.46. The molecule has 1 saturated heterocycles. The number of pyridine rings is 3. The number of halogens is 1. The summed E-state index contributed by atoms with van der Waals surface area (Å²) in [6.45, 7) is 9.19. The van der Waals surface area contributed by atoms with Gasteiger partial charge in [-0.2, -0.15) is 0 Å². The van der Waals surface area contributed by atoms with Crippen molar-refractivity contribution in [1.29, 1.82) is 0 Å². The number of benzene rings is 2. The van der Waals surface area contributed by atoms with Crippen molar-refractivity contribution in [1.82, 2.24) is 19.0 Å². The van der Waals surface area contributed by atoms with E-state index in [-0.39, 0.29) is 10.9 Å². The van der Waals surface area contributed by atoms with E-state index in [0.717, 1.165) is 73.5 Å². The third-order valence-corrected chi connectivity index (χ3v) is 9.28. The zero-order valence-electron chi connectivity index (χ0n) is 25.9. The summed E-state index contributed by atoms with van der Waals surface area (Å²) in [4.78, 5) is 36.1. The van der Waals surface area contributed by atoms with Crippen molar-refractivity contribution in [3.8, 4) is 16.8 Å². The topological polar surface area (TPSA) is 75.4 Å². The second-order valence-corrected chi connectivity index (χ2v) is 12.2. The largest absolute Gasteiger partial charge is 0.368 e. The summed E-state index contributed by atoms with van der Waals surface area (Å²) in [6, 6.07) is 16.7. The van der Waals surface area contributed by atoms with Gasteiger partial charge in [0.15, 0.2) is 0 Å². The van der Waals surface area contributed by atoms with Crippen molar-refractivity contribution in [2.24, 2.45) is 7.05 Å². The molecular weight excluding hydrogens is 567 g/mol. The Morgan fingerprint density at radius 2 is 1.78 bits per heavy atom. The van der Waals surface area contributed by atoms with Gasteiger partial charge in [0.25, 0.3) is 11.1 Å². The number of piperazine rings is 1. The Morgan fingerprint density at radius 3 is 2.49 bits per heavy atom. The molecule has 0 spiro atoms. The summed E-state index contributed by atoms with van der Waals surface area (Å²) in [5.74, 6) is 0.505. The molecule has 230 valence electrons. The fourth-order valence-electron chi connectivity index (χ4n) is 6.45. The maximum absolute atomic E-state index is 15.2. The molecule has 2 fully saturated rings. The van der Waals surface area contributed by atoms with Gasteiger partial charge in [-0.05, 0) is 90.7 Å². The summed E-state index contributed by atoms with van der Waals surface area (Å²) in [5.41, 5.74) is 5.01. The molecule has 3 aromatic heterocycles. The molecular formula is C36H37FN6O2. The van der Waals surface area contributed by atoms with Gasteiger partial charge in [-0.15, -0.1) is 0 Å². The molecule has 1 aliphatic carbocycles. The first kappa shape index (κ1) is 29.0. The number of hydrogen-bond acceptors (Lipinski definition) is 6. The van der Waals surface area contributed by atoms with E-state index < -0.39 is 11.4 Å². The van der Waals surface area contributed by atoms with Gasteiger partial charge in [-0.1, -0.05) is 25.1 Å². The fourth-order valence-corrected chi connectivity index (χ4v) is 6.45. The lowest BCUT2D eigenvalue weighted by molar-refractivity contribution is 0.271. The normalized spacial score (nSPS) is 15.5. The molecule has 2 aliphatic rings. The molecule has 5 aromatic rings. The first-order valence-electron chi connectivity index (χ1n) is 15.7. The van der Waals surface area contributed by atoms with Crippen LogP contribution >= 0.6 is 0 Å². The van der Waals surface area contributed by atoms with Gasteiger partial charge in [0.2, 0.25) is 0 Å². The van der Waals surface area contributed by atoms with Crippen LogP contribution in [0.2, 0.25) is 0 Å². The van der Waals surface area contributed by atoms with Crippen molar-refractivity contribution in [3.05, 3.63) is 111 Å². The minimum Gasteiger partial charge on any atom is -0.368 e. The highest BCUT2D eigenvalue weighted by atomic mass is 19.1. The van der Waals surface area contributed by atoms with E-state index in [4.69, 9.17) is 0 Å². The first-order chi connectivity index (χ1) is 21.8. The van der Waals surface area contributed by atoms with E-state index in [0.29, 0.717) is 28.5 Å². The minimum atomic E-state index is -0.475. The average molecular weight is 605 g/mol. The number of fused-ring (bicyclic) bond motifs is 1. The van der Waals surface area contributed by atoms with E-state index in [9.17, 15) is 9.59 Å². The molecule has 4 heterocycles. The number of hydrogen-bond donors (Lipinski definition) is 1. The van der Waals surface area contributed by atoms with Gasteiger partial charge < -0.3 is 19.7 Å². The fraction of sp³-hybridized carbons (Fsp3) is 0.306. The van der Waals surface area contributed by atoms with Gasteiger partial charge in [-0.3, -0.25) is 14.2 Å². The maximum Gasteiger partial charge on any atom is 0.274 e. The molecule has 1 aliphatic heterocycles. The SMILES string of the molecule is CCN1CCN(c2ccc(Nc3cc(-c4cccc(-n5ccc6cc(C7CC7)cc(F)c6c5=O)c4C)cn(C)c3=O)nc2)CC1. The highest BCUT2D eigenvalue weighted by molar-refractivity contribution is 5.84. The second-order valence-electron chi connectivity index (χ2n) is 12.2. The molecule has 0 bridgehead atoms. The Balaban J connectivity index is 1.19.